The van der Waals surface area contributed by atoms with Crippen molar-refractivity contribution in [2.45, 2.75) is 13.0 Å². The summed E-state index contributed by atoms with van der Waals surface area (Å²) in [6, 6.07) is 24.4. The van der Waals surface area contributed by atoms with Gasteiger partial charge in [-0.3, -0.25) is 9.59 Å². The Morgan fingerprint density at radius 3 is 2.48 bits per heavy atom. The van der Waals surface area contributed by atoms with Gasteiger partial charge in [0.1, 0.15) is 5.76 Å². The molecule has 0 radical (unpaired) electrons. The fraction of sp³-hybridized carbons (Fsp3) is 0.0833. The highest BCUT2D eigenvalue weighted by Crippen LogP contribution is 2.20. The van der Waals surface area contributed by atoms with Crippen molar-refractivity contribution in [1.82, 2.24) is 5.32 Å². The topological polar surface area (TPSA) is 71.3 Å². The van der Waals surface area contributed by atoms with E-state index in [1.54, 1.807) is 42.7 Å². The first kappa shape index (κ1) is 18.5. The smallest absolute Gasteiger partial charge is 0.253 e. The highest BCUT2D eigenvalue weighted by Gasteiger charge is 2.14. The molecule has 0 saturated carbocycles. The van der Waals surface area contributed by atoms with Gasteiger partial charge in [-0.25, -0.2) is 0 Å². The Labute approximate surface area is 168 Å². The van der Waals surface area contributed by atoms with Crippen LogP contribution < -0.4 is 10.6 Å². The average molecular weight is 384 g/mol. The molecule has 0 aliphatic heterocycles. The number of carbonyl (C=O) groups excluding carboxylic acids is 2. The van der Waals surface area contributed by atoms with Crippen LogP contribution in [0, 0.1) is 0 Å². The van der Waals surface area contributed by atoms with Gasteiger partial charge >= 0.3 is 0 Å². The van der Waals surface area contributed by atoms with Crippen LogP contribution in [0.4, 0.5) is 5.69 Å². The van der Waals surface area contributed by atoms with Gasteiger partial charge in [0, 0.05) is 0 Å². The summed E-state index contributed by atoms with van der Waals surface area (Å²) in [6.07, 6.45) is 1.78. The maximum Gasteiger partial charge on any atom is 0.253 e. The van der Waals surface area contributed by atoms with E-state index >= 15 is 0 Å². The van der Waals surface area contributed by atoms with Gasteiger partial charge in [-0.2, -0.15) is 0 Å². The third-order valence-electron chi connectivity index (χ3n) is 4.68. The minimum atomic E-state index is -0.275. The van der Waals surface area contributed by atoms with Gasteiger partial charge in [0.25, 0.3) is 5.91 Å². The van der Waals surface area contributed by atoms with Crippen molar-refractivity contribution >= 4 is 28.3 Å². The van der Waals surface area contributed by atoms with Crippen molar-refractivity contribution < 1.29 is 14.0 Å². The van der Waals surface area contributed by atoms with Crippen LogP contribution in [-0.4, -0.2) is 11.8 Å². The number of hydrogen-bond acceptors (Lipinski definition) is 3. The molecule has 1 aromatic heterocycles. The normalized spacial score (nSPS) is 10.6. The summed E-state index contributed by atoms with van der Waals surface area (Å²) < 4.78 is 5.23. The first-order valence-electron chi connectivity index (χ1n) is 9.37. The molecule has 29 heavy (non-hydrogen) atoms. The van der Waals surface area contributed by atoms with Crippen molar-refractivity contribution in [2.24, 2.45) is 0 Å². The summed E-state index contributed by atoms with van der Waals surface area (Å²) in [6.45, 7) is 0.282. The van der Waals surface area contributed by atoms with E-state index in [0.717, 1.165) is 16.3 Å². The van der Waals surface area contributed by atoms with Crippen molar-refractivity contribution in [3.8, 4) is 0 Å². The number of hydrogen-bond donors (Lipinski definition) is 2. The SMILES string of the molecule is O=C(Cc1cccc2ccccc12)Nc1ccccc1C(=O)NCc1ccco1. The van der Waals surface area contributed by atoms with Crippen molar-refractivity contribution in [1.29, 1.82) is 0 Å². The van der Waals surface area contributed by atoms with Gasteiger partial charge in [0.15, 0.2) is 0 Å². The van der Waals surface area contributed by atoms with Crippen LogP contribution in [0.3, 0.4) is 0 Å². The quantitative estimate of drug-likeness (QED) is 0.512. The standard InChI is InChI=1S/C24H20N2O3/c27-23(15-18-9-5-8-17-7-1-2-11-20(17)18)26-22-13-4-3-12-21(22)24(28)25-16-19-10-6-14-29-19/h1-14H,15-16H2,(H,25,28)(H,26,27). The van der Waals surface area contributed by atoms with E-state index in [9.17, 15) is 9.59 Å². The lowest BCUT2D eigenvalue weighted by Crippen LogP contribution is -2.25. The summed E-state index contributed by atoms with van der Waals surface area (Å²) in [5.41, 5.74) is 1.83. The van der Waals surface area contributed by atoms with Crippen LogP contribution in [0.1, 0.15) is 21.7 Å². The Morgan fingerprint density at radius 2 is 1.62 bits per heavy atom. The van der Waals surface area contributed by atoms with E-state index in [0.29, 0.717) is 17.0 Å². The number of benzene rings is 3. The second-order valence-electron chi connectivity index (χ2n) is 6.67. The van der Waals surface area contributed by atoms with E-state index in [1.165, 1.54) is 0 Å². The molecule has 0 unspecified atom stereocenters. The molecule has 2 amide bonds. The fourth-order valence-electron chi connectivity index (χ4n) is 3.28. The van der Waals surface area contributed by atoms with E-state index in [4.69, 9.17) is 4.42 Å². The predicted octanol–water partition coefficient (Wildman–Crippen LogP) is 4.54. The zero-order valence-corrected chi connectivity index (χ0v) is 15.7. The van der Waals surface area contributed by atoms with Gasteiger partial charge in [-0.05, 0) is 40.6 Å². The molecule has 0 spiro atoms. The molecule has 0 atom stereocenters. The predicted molar refractivity (Wildman–Crippen MR) is 113 cm³/mol. The second kappa shape index (κ2) is 8.44. The van der Waals surface area contributed by atoms with Gasteiger partial charge in [0.05, 0.1) is 30.5 Å². The molecule has 5 heteroatoms. The maximum absolute atomic E-state index is 12.7. The highest BCUT2D eigenvalue weighted by molar-refractivity contribution is 6.04. The summed E-state index contributed by atoms with van der Waals surface area (Å²) in [7, 11) is 0. The Balaban J connectivity index is 1.47. The zero-order chi connectivity index (χ0) is 20.1. The number of para-hydroxylation sites is 1. The number of rotatable bonds is 6. The third kappa shape index (κ3) is 4.35. The molecule has 1 heterocycles. The van der Waals surface area contributed by atoms with Crippen LogP contribution in [0.2, 0.25) is 0 Å². The molecule has 0 aliphatic carbocycles. The van der Waals surface area contributed by atoms with Gasteiger partial charge in [0.2, 0.25) is 5.91 Å². The van der Waals surface area contributed by atoms with Crippen LogP contribution in [0.15, 0.2) is 89.5 Å². The Bertz CT molecular complexity index is 1140. The monoisotopic (exact) mass is 384 g/mol. The van der Waals surface area contributed by atoms with E-state index < -0.39 is 0 Å². The molecule has 0 saturated heterocycles. The summed E-state index contributed by atoms with van der Waals surface area (Å²) >= 11 is 0. The Morgan fingerprint density at radius 1 is 0.828 bits per heavy atom. The van der Waals surface area contributed by atoms with Crippen molar-refractivity contribution in [3.63, 3.8) is 0 Å². The average Bonchev–Trinajstić information content (AvgIpc) is 3.26. The van der Waals surface area contributed by atoms with Crippen LogP contribution in [0.25, 0.3) is 10.8 Å². The third-order valence-corrected chi connectivity index (χ3v) is 4.68. The summed E-state index contributed by atoms with van der Waals surface area (Å²) in [5, 5.41) is 7.82. The molecule has 2 N–H and O–H groups in total. The van der Waals surface area contributed by atoms with Crippen molar-refractivity contribution in [3.05, 3.63) is 102 Å². The number of carbonyl (C=O) groups is 2. The number of furan rings is 1. The van der Waals surface area contributed by atoms with Crippen LogP contribution >= 0.6 is 0 Å². The lowest BCUT2D eigenvalue weighted by Gasteiger charge is -2.12. The molecule has 0 fully saturated rings. The summed E-state index contributed by atoms with van der Waals surface area (Å²) in [4.78, 5) is 25.3. The molecular formula is C24H20N2O3. The number of amides is 2. The number of nitrogens with one attached hydrogen (secondary N) is 2. The minimum Gasteiger partial charge on any atom is -0.467 e. The zero-order valence-electron chi connectivity index (χ0n) is 15.7. The molecule has 0 aliphatic rings. The van der Waals surface area contributed by atoms with E-state index in [-0.39, 0.29) is 24.8 Å². The van der Waals surface area contributed by atoms with Crippen molar-refractivity contribution in [2.75, 3.05) is 5.32 Å². The molecule has 5 nitrogen and oxygen atoms in total. The molecule has 4 aromatic rings. The van der Waals surface area contributed by atoms with E-state index in [2.05, 4.69) is 10.6 Å². The maximum atomic E-state index is 12.7. The summed E-state index contributed by atoms with van der Waals surface area (Å²) in [5.74, 6) is 0.214. The number of fused-ring (bicyclic) bond motifs is 1. The van der Waals surface area contributed by atoms with Gasteiger partial charge < -0.3 is 15.1 Å². The first-order valence-corrected chi connectivity index (χ1v) is 9.37. The Kier molecular flexibility index (Phi) is 5.38. The first-order chi connectivity index (χ1) is 14.2. The highest BCUT2D eigenvalue weighted by atomic mass is 16.3. The lowest BCUT2D eigenvalue weighted by atomic mass is 10.0. The van der Waals surface area contributed by atoms with Gasteiger partial charge in [-0.1, -0.05) is 54.6 Å². The Hall–Kier alpha value is -3.86. The molecule has 4 rings (SSSR count). The second-order valence-corrected chi connectivity index (χ2v) is 6.67. The molecule has 0 bridgehead atoms. The molecular weight excluding hydrogens is 364 g/mol. The number of anilines is 1. The van der Waals surface area contributed by atoms with Crippen LogP contribution in [-0.2, 0) is 17.8 Å². The molecule has 3 aromatic carbocycles. The lowest BCUT2D eigenvalue weighted by molar-refractivity contribution is -0.115. The van der Waals surface area contributed by atoms with Crippen LogP contribution in [0.5, 0.6) is 0 Å². The van der Waals surface area contributed by atoms with E-state index in [1.807, 2.05) is 42.5 Å². The largest absolute Gasteiger partial charge is 0.467 e. The fourth-order valence-corrected chi connectivity index (χ4v) is 3.28. The molecule has 144 valence electrons. The van der Waals surface area contributed by atoms with Gasteiger partial charge in [-0.15, -0.1) is 0 Å². The minimum absolute atomic E-state index is 0.173.